The van der Waals surface area contributed by atoms with Crippen molar-refractivity contribution in [2.75, 3.05) is 0 Å². The van der Waals surface area contributed by atoms with Crippen LogP contribution in [0.4, 0.5) is 0 Å². The van der Waals surface area contributed by atoms with Crippen molar-refractivity contribution in [3.63, 3.8) is 0 Å². The molecule has 2 rings (SSSR count). The summed E-state index contributed by atoms with van der Waals surface area (Å²) in [6, 6.07) is 4.69. The number of rotatable bonds is 2. The van der Waals surface area contributed by atoms with Crippen molar-refractivity contribution >= 4 is 23.1 Å². The Morgan fingerprint density at radius 1 is 1.28 bits per heavy atom. The van der Waals surface area contributed by atoms with Gasteiger partial charge in [-0.2, -0.15) is 0 Å². The van der Waals surface area contributed by atoms with Gasteiger partial charge in [0.2, 0.25) is 0 Å². The Morgan fingerprint density at radius 2 is 1.89 bits per heavy atom. The van der Waals surface area contributed by atoms with E-state index >= 15 is 0 Å². The van der Waals surface area contributed by atoms with Gasteiger partial charge in [0.05, 0.1) is 0 Å². The van der Waals surface area contributed by atoms with Crippen LogP contribution in [0.25, 0.3) is 6.08 Å². The Labute approximate surface area is 129 Å². The molecule has 0 nitrogen and oxygen atoms in total. The van der Waals surface area contributed by atoms with Gasteiger partial charge < -0.3 is 0 Å². The van der Waals surface area contributed by atoms with Crippen LogP contribution in [0.15, 0.2) is 17.7 Å². The summed E-state index contributed by atoms with van der Waals surface area (Å²) < 4.78 is 0. The fourth-order valence-corrected chi connectivity index (χ4v) is 2.43. The number of fused-ring (bicyclic) bond motifs is 1. The van der Waals surface area contributed by atoms with E-state index in [0.29, 0.717) is 5.92 Å². The average molecular weight is 362 g/mol. The number of hydrogen-bond acceptors (Lipinski definition) is 0. The van der Waals surface area contributed by atoms with Crippen LogP contribution in [0.5, 0.6) is 0 Å². The van der Waals surface area contributed by atoms with Crippen LogP contribution in [-0.2, 0) is 27.3 Å². The first-order chi connectivity index (χ1) is 8.53. The van der Waals surface area contributed by atoms with Crippen molar-refractivity contribution in [3.05, 3.63) is 40.0 Å². The first-order valence-electron chi connectivity index (χ1n) is 6.32. The Kier molecular flexibility index (Phi) is 7.21. The first kappa shape index (κ1) is 16.5. The molecule has 0 aromatic heterocycles. The number of aryl methyl sites for hydroxylation is 1. The van der Waals surface area contributed by atoms with Crippen LogP contribution in [0.3, 0.4) is 0 Å². The third-order valence-electron chi connectivity index (χ3n) is 3.28. The predicted molar refractivity (Wildman–Crippen MR) is 78.9 cm³/mol. The SMILES string of the molecule is CCC1=Cc2c(cc(C)cc2C(C)C)C1.[Cl][Zr][Cl]. The van der Waals surface area contributed by atoms with E-state index in [1.807, 2.05) is 0 Å². The molecule has 0 radical (unpaired) electrons. The molecule has 1 aliphatic rings. The van der Waals surface area contributed by atoms with Crippen molar-refractivity contribution < 1.29 is 20.8 Å². The molecular formula is C15H20Cl2Zr. The number of benzene rings is 1. The molecule has 0 N–H and O–H groups in total. The summed E-state index contributed by atoms with van der Waals surface area (Å²) in [5.74, 6) is 0.631. The summed E-state index contributed by atoms with van der Waals surface area (Å²) in [4.78, 5) is 0. The molecule has 0 fully saturated rings. The van der Waals surface area contributed by atoms with Gasteiger partial charge in [0.1, 0.15) is 0 Å². The van der Waals surface area contributed by atoms with Crippen molar-refractivity contribution in [2.24, 2.45) is 0 Å². The summed E-state index contributed by atoms with van der Waals surface area (Å²) in [5.41, 5.74) is 7.55. The molecule has 0 heterocycles. The average Bonchev–Trinajstić information content (AvgIpc) is 2.71. The first-order valence-corrected chi connectivity index (χ1v) is 12.7. The van der Waals surface area contributed by atoms with E-state index in [9.17, 15) is 0 Å². The van der Waals surface area contributed by atoms with E-state index in [4.69, 9.17) is 17.0 Å². The fourth-order valence-electron chi connectivity index (χ4n) is 2.43. The van der Waals surface area contributed by atoms with Gasteiger partial charge in [-0.15, -0.1) is 0 Å². The van der Waals surface area contributed by atoms with Crippen LogP contribution in [0, 0.1) is 6.92 Å². The van der Waals surface area contributed by atoms with Crippen LogP contribution in [-0.4, -0.2) is 0 Å². The summed E-state index contributed by atoms with van der Waals surface area (Å²) >= 11 is -0.826. The van der Waals surface area contributed by atoms with E-state index in [-0.39, 0.29) is 0 Å². The molecule has 0 bridgehead atoms. The van der Waals surface area contributed by atoms with E-state index in [2.05, 4.69) is 45.9 Å². The van der Waals surface area contributed by atoms with Gasteiger partial charge in [-0.1, -0.05) is 50.1 Å². The molecule has 0 unspecified atom stereocenters. The van der Waals surface area contributed by atoms with Gasteiger partial charge in [0.15, 0.2) is 0 Å². The molecule has 1 aliphatic carbocycles. The van der Waals surface area contributed by atoms with Crippen LogP contribution < -0.4 is 0 Å². The van der Waals surface area contributed by atoms with E-state index < -0.39 is 20.8 Å². The summed E-state index contributed by atoms with van der Waals surface area (Å²) in [6.45, 7) is 9.02. The molecule has 0 aliphatic heterocycles. The second kappa shape index (κ2) is 7.88. The summed E-state index contributed by atoms with van der Waals surface area (Å²) in [6.07, 6.45) is 4.77. The minimum atomic E-state index is -0.826. The zero-order valence-electron chi connectivity index (χ0n) is 11.5. The topological polar surface area (TPSA) is 0 Å². The molecule has 1 aromatic rings. The third kappa shape index (κ3) is 4.22. The van der Waals surface area contributed by atoms with Crippen molar-refractivity contribution in [2.45, 2.75) is 46.5 Å². The molecule has 3 heteroatoms. The monoisotopic (exact) mass is 360 g/mol. The summed E-state index contributed by atoms with van der Waals surface area (Å²) in [7, 11) is 9.87. The number of allylic oxidation sites excluding steroid dienone is 1. The molecule has 1 aromatic carbocycles. The van der Waals surface area contributed by atoms with Gasteiger partial charge in [0.25, 0.3) is 0 Å². The van der Waals surface area contributed by atoms with Gasteiger partial charge >= 0.3 is 37.9 Å². The minimum absolute atomic E-state index is 0.631. The van der Waals surface area contributed by atoms with Crippen LogP contribution in [0.2, 0.25) is 0 Å². The van der Waals surface area contributed by atoms with E-state index in [1.54, 1.807) is 5.57 Å². The summed E-state index contributed by atoms with van der Waals surface area (Å²) in [5, 5.41) is 0. The Hall–Kier alpha value is 0.423. The number of hydrogen-bond donors (Lipinski definition) is 0. The Bertz CT molecular complexity index is 436. The van der Waals surface area contributed by atoms with Crippen molar-refractivity contribution in [1.82, 2.24) is 0 Å². The predicted octanol–water partition coefficient (Wildman–Crippen LogP) is 5.84. The second-order valence-electron chi connectivity index (χ2n) is 4.99. The Morgan fingerprint density at radius 3 is 2.39 bits per heavy atom. The van der Waals surface area contributed by atoms with E-state index in [0.717, 1.165) is 0 Å². The maximum absolute atomic E-state index is 4.93. The molecule has 0 atom stereocenters. The number of halogens is 2. The zero-order chi connectivity index (χ0) is 13.7. The van der Waals surface area contributed by atoms with Crippen LogP contribution in [0.1, 0.15) is 55.4 Å². The third-order valence-corrected chi connectivity index (χ3v) is 3.28. The maximum atomic E-state index is 4.93. The molecule has 18 heavy (non-hydrogen) atoms. The fraction of sp³-hybridized carbons (Fsp3) is 0.467. The molecule has 98 valence electrons. The van der Waals surface area contributed by atoms with Gasteiger partial charge in [-0.3, -0.25) is 0 Å². The van der Waals surface area contributed by atoms with Crippen LogP contribution >= 0.6 is 17.0 Å². The standard InChI is InChI=1S/C15H20.2ClH.Zr/c1-5-12-8-13-6-11(4)7-14(10(2)3)15(13)9-12;;;/h6-7,9-10H,5,8H2,1-4H3;2*1H;/q;;;+2/p-2. The second-order valence-corrected chi connectivity index (χ2v) is 8.72. The molecule has 0 amide bonds. The van der Waals surface area contributed by atoms with Gasteiger partial charge in [0, 0.05) is 0 Å². The molecule has 0 saturated heterocycles. The molecular weight excluding hydrogens is 342 g/mol. The van der Waals surface area contributed by atoms with E-state index in [1.165, 1.54) is 35.1 Å². The Balaban J connectivity index is 0.000000492. The molecule has 0 spiro atoms. The molecule has 0 saturated carbocycles. The normalized spacial score (nSPS) is 12.7. The van der Waals surface area contributed by atoms with Gasteiger partial charge in [-0.25, -0.2) is 0 Å². The van der Waals surface area contributed by atoms with Gasteiger partial charge in [-0.05, 0) is 42.4 Å². The van der Waals surface area contributed by atoms with Crippen molar-refractivity contribution in [1.29, 1.82) is 0 Å². The zero-order valence-corrected chi connectivity index (χ0v) is 15.4. The quantitative estimate of drug-likeness (QED) is 0.619. The van der Waals surface area contributed by atoms with Crippen molar-refractivity contribution in [3.8, 4) is 0 Å².